The highest BCUT2D eigenvalue weighted by molar-refractivity contribution is 6.08. The number of likely N-dealkylation sites (N-methyl/N-ethyl adjacent to an activating group) is 1. The second-order valence-corrected chi connectivity index (χ2v) is 7.11. The summed E-state index contributed by atoms with van der Waals surface area (Å²) in [6.45, 7) is 3.05. The standard InChI is InChI=1S/C19H27N3O3/c1-20(2)17(23)14-21-10-8-19(9-11-21)15-6-4-5-7-16(15)22(18(19)24)12-13-25-3/h4-7H,8-14H2,1-3H3. The van der Waals surface area contributed by atoms with E-state index in [1.165, 1.54) is 0 Å². The van der Waals surface area contributed by atoms with Crippen LogP contribution in [0.15, 0.2) is 24.3 Å². The monoisotopic (exact) mass is 345 g/mol. The highest BCUT2D eigenvalue weighted by atomic mass is 16.5. The number of amides is 2. The summed E-state index contributed by atoms with van der Waals surface area (Å²) in [6, 6.07) is 8.10. The van der Waals surface area contributed by atoms with Crippen molar-refractivity contribution in [2.24, 2.45) is 0 Å². The molecule has 1 saturated heterocycles. The summed E-state index contributed by atoms with van der Waals surface area (Å²) in [5, 5.41) is 0. The van der Waals surface area contributed by atoms with Crippen molar-refractivity contribution in [1.82, 2.24) is 9.80 Å². The summed E-state index contributed by atoms with van der Waals surface area (Å²) in [6.07, 6.45) is 1.51. The van der Waals surface area contributed by atoms with E-state index in [4.69, 9.17) is 4.74 Å². The quantitative estimate of drug-likeness (QED) is 0.802. The Balaban J connectivity index is 1.78. The first-order valence-corrected chi connectivity index (χ1v) is 8.82. The van der Waals surface area contributed by atoms with Gasteiger partial charge in [-0.3, -0.25) is 14.5 Å². The number of piperidine rings is 1. The molecule has 2 aliphatic heterocycles. The number of carbonyl (C=O) groups is 2. The zero-order valence-corrected chi connectivity index (χ0v) is 15.3. The van der Waals surface area contributed by atoms with Crippen LogP contribution in [0.25, 0.3) is 0 Å². The average molecular weight is 345 g/mol. The molecule has 2 heterocycles. The fourth-order valence-corrected chi connectivity index (χ4v) is 3.91. The highest BCUT2D eigenvalue weighted by Gasteiger charge is 2.51. The van der Waals surface area contributed by atoms with E-state index in [1.54, 1.807) is 26.1 Å². The van der Waals surface area contributed by atoms with Crippen molar-refractivity contribution in [1.29, 1.82) is 0 Å². The molecule has 1 fully saturated rings. The summed E-state index contributed by atoms with van der Waals surface area (Å²) in [4.78, 5) is 30.9. The van der Waals surface area contributed by atoms with Gasteiger partial charge in [0.1, 0.15) is 0 Å². The van der Waals surface area contributed by atoms with Crippen molar-refractivity contribution in [2.45, 2.75) is 18.3 Å². The van der Waals surface area contributed by atoms with Gasteiger partial charge in [0.05, 0.1) is 18.6 Å². The predicted molar refractivity (Wildman–Crippen MR) is 96.7 cm³/mol. The van der Waals surface area contributed by atoms with Gasteiger partial charge in [-0.25, -0.2) is 0 Å². The smallest absolute Gasteiger partial charge is 0.237 e. The summed E-state index contributed by atoms with van der Waals surface area (Å²) >= 11 is 0. The largest absolute Gasteiger partial charge is 0.383 e. The molecule has 0 N–H and O–H groups in total. The second-order valence-electron chi connectivity index (χ2n) is 7.11. The Labute approximate surface area is 149 Å². The summed E-state index contributed by atoms with van der Waals surface area (Å²) in [5.74, 6) is 0.292. The molecule has 0 atom stereocenters. The number of carbonyl (C=O) groups excluding carboxylic acids is 2. The number of anilines is 1. The second kappa shape index (κ2) is 7.14. The van der Waals surface area contributed by atoms with Crippen molar-refractivity contribution in [3.8, 4) is 0 Å². The van der Waals surface area contributed by atoms with Gasteiger partial charge in [-0.2, -0.15) is 0 Å². The lowest BCUT2D eigenvalue weighted by Crippen LogP contribution is -2.50. The fraction of sp³-hybridized carbons (Fsp3) is 0.579. The number of hydrogen-bond donors (Lipinski definition) is 0. The molecule has 0 saturated carbocycles. The molecule has 1 aromatic rings. The van der Waals surface area contributed by atoms with Crippen LogP contribution < -0.4 is 4.90 Å². The Kier molecular flexibility index (Phi) is 5.11. The van der Waals surface area contributed by atoms with E-state index in [0.717, 1.165) is 37.2 Å². The first kappa shape index (κ1) is 17.9. The van der Waals surface area contributed by atoms with Gasteiger partial charge in [-0.05, 0) is 24.5 Å². The minimum Gasteiger partial charge on any atom is -0.383 e. The molecule has 6 nitrogen and oxygen atoms in total. The lowest BCUT2D eigenvalue weighted by molar-refractivity contribution is -0.130. The first-order chi connectivity index (χ1) is 12.0. The molecule has 3 rings (SSSR count). The number of rotatable bonds is 5. The van der Waals surface area contributed by atoms with Crippen LogP contribution >= 0.6 is 0 Å². The van der Waals surface area contributed by atoms with Crippen LogP contribution in [0.5, 0.6) is 0 Å². The summed E-state index contributed by atoms with van der Waals surface area (Å²) in [5.41, 5.74) is 1.71. The van der Waals surface area contributed by atoms with Crippen molar-refractivity contribution in [3.63, 3.8) is 0 Å². The van der Waals surface area contributed by atoms with Crippen molar-refractivity contribution < 1.29 is 14.3 Å². The molecule has 6 heteroatoms. The molecule has 0 radical (unpaired) electrons. The van der Waals surface area contributed by atoms with Gasteiger partial charge in [0.15, 0.2) is 0 Å². The molecule has 0 bridgehead atoms. The highest BCUT2D eigenvalue weighted by Crippen LogP contribution is 2.47. The van der Waals surface area contributed by atoms with Crippen LogP contribution in [-0.2, 0) is 19.7 Å². The zero-order valence-electron chi connectivity index (χ0n) is 15.3. The van der Waals surface area contributed by atoms with Gasteiger partial charge in [0.25, 0.3) is 0 Å². The van der Waals surface area contributed by atoms with Crippen LogP contribution in [0.2, 0.25) is 0 Å². The van der Waals surface area contributed by atoms with Gasteiger partial charge < -0.3 is 14.5 Å². The lowest BCUT2D eigenvalue weighted by atomic mass is 9.73. The number of fused-ring (bicyclic) bond motifs is 2. The number of likely N-dealkylation sites (tertiary alicyclic amines) is 1. The van der Waals surface area contributed by atoms with E-state index in [1.807, 2.05) is 23.1 Å². The van der Waals surface area contributed by atoms with E-state index in [9.17, 15) is 9.59 Å². The van der Waals surface area contributed by atoms with Crippen molar-refractivity contribution in [3.05, 3.63) is 29.8 Å². The molecular formula is C19H27N3O3. The van der Waals surface area contributed by atoms with Gasteiger partial charge in [0.2, 0.25) is 11.8 Å². The van der Waals surface area contributed by atoms with E-state index >= 15 is 0 Å². The third kappa shape index (κ3) is 3.16. The molecule has 136 valence electrons. The van der Waals surface area contributed by atoms with E-state index in [2.05, 4.69) is 11.0 Å². The third-order valence-corrected chi connectivity index (χ3v) is 5.45. The molecule has 2 aliphatic rings. The average Bonchev–Trinajstić information content (AvgIpc) is 2.84. The van der Waals surface area contributed by atoms with Gasteiger partial charge in [-0.15, -0.1) is 0 Å². The number of nitrogens with zero attached hydrogens (tertiary/aromatic N) is 3. The lowest BCUT2D eigenvalue weighted by Gasteiger charge is -2.38. The number of ether oxygens (including phenoxy) is 1. The molecule has 25 heavy (non-hydrogen) atoms. The number of para-hydroxylation sites is 1. The number of hydrogen-bond acceptors (Lipinski definition) is 4. The molecule has 1 spiro atoms. The Morgan fingerprint density at radius 3 is 2.56 bits per heavy atom. The molecule has 2 amide bonds. The third-order valence-electron chi connectivity index (χ3n) is 5.45. The maximum atomic E-state index is 13.3. The van der Waals surface area contributed by atoms with Crippen LogP contribution in [0.4, 0.5) is 5.69 Å². The maximum Gasteiger partial charge on any atom is 0.237 e. The van der Waals surface area contributed by atoms with Crippen molar-refractivity contribution >= 4 is 17.5 Å². The SMILES string of the molecule is COCCN1C(=O)C2(CCN(CC(=O)N(C)C)CC2)c2ccccc21. The minimum atomic E-state index is -0.442. The maximum absolute atomic E-state index is 13.3. The normalized spacial score (nSPS) is 19.3. The first-order valence-electron chi connectivity index (χ1n) is 8.82. The summed E-state index contributed by atoms with van der Waals surface area (Å²) < 4.78 is 5.18. The van der Waals surface area contributed by atoms with Crippen LogP contribution in [0.3, 0.4) is 0 Å². The van der Waals surface area contributed by atoms with E-state index in [-0.39, 0.29) is 11.8 Å². The van der Waals surface area contributed by atoms with Crippen LogP contribution in [0, 0.1) is 0 Å². The minimum absolute atomic E-state index is 0.107. The fourth-order valence-electron chi connectivity index (χ4n) is 3.91. The van der Waals surface area contributed by atoms with Crippen molar-refractivity contribution in [2.75, 3.05) is 58.9 Å². The predicted octanol–water partition coefficient (Wildman–Crippen LogP) is 1.10. The molecule has 1 aromatic carbocycles. The Morgan fingerprint density at radius 1 is 1.24 bits per heavy atom. The number of benzene rings is 1. The Morgan fingerprint density at radius 2 is 1.92 bits per heavy atom. The molecule has 0 aliphatic carbocycles. The van der Waals surface area contributed by atoms with Crippen LogP contribution in [0.1, 0.15) is 18.4 Å². The van der Waals surface area contributed by atoms with Gasteiger partial charge in [0, 0.05) is 46.5 Å². The summed E-state index contributed by atoms with van der Waals surface area (Å²) in [7, 11) is 5.21. The zero-order chi connectivity index (χ0) is 18.0. The number of methoxy groups -OCH3 is 1. The topological polar surface area (TPSA) is 53.1 Å². The molecule has 0 unspecified atom stereocenters. The van der Waals surface area contributed by atoms with E-state index in [0.29, 0.717) is 19.7 Å². The van der Waals surface area contributed by atoms with Crippen LogP contribution in [-0.4, -0.2) is 75.6 Å². The van der Waals surface area contributed by atoms with E-state index < -0.39 is 5.41 Å². The Bertz CT molecular complexity index is 651. The molecular weight excluding hydrogens is 318 g/mol. The van der Waals surface area contributed by atoms with Gasteiger partial charge >= 0.3 is 0 Å². The molecule has 0 aromatic heterocycles. The Hall–Kier alpha value is -1.92. The van der Waals surface area contributed by atoms with Gasteiger partial charge in [-0.1, -0.05) is 18.2 Å².